The SMILES string of the molecule is O=C(O)c1cccc(-c2cc3c(cc2F)N(c2ccccc2)CC2CC4(CC4)CN2S3)c1. The Morgan fingerprint density at radius 2 is 1.88 bits per heavy atom. The number of aromatic carboxylic acids is 1. The highest BCUT2D eigenvalue weighted by atomic mass is 32.2. The van der Waals surface area contributed by atoms with Crippen LogP contribution >= 0.6 is 11.9 Å². The summed E-state index contributed by atoms with van der Waals surface area (Å²) in [6.45, 7) is 1.91. The molecule has 1 N–H and O–H groups in total. The third kappa shape index (κ3) is 3.38. The van der Waals surface area contributed by atoms with Crippen LogP contribution in [0.15, 0.2) is 71.6 Å². The lowest BCUT2D eigenvalue weighted by atomic mass is 10.0. The molecule has 1 atom stereocenters. The number of hydrogen-bond donors (Lipinski definition) is 1. The van der Waals surface area contributed by atoms with E-state index in [9.17, 15) is 9.90 Å². The van der Waals surface area contributed by atoms with Crippen molar-refractivity contribution in [1.82, 2.24) is 4.31 Å². The molecule has 3 aromatic carbocycles. The second-order valence-corrected chi connectivity index (χ2v) is 10.2. The number of anilines is 2. The molecule has 0 aromatic heterocycles. The van der Waals surface area contributed by atoms with E-state index in [0.29, 0.717) is 22.6 Å². The van der Waals surface area contributed by atoms with Gasteiger partial charge in [-0.25, -0.2) is 13.5 Å². The van der Waals surface area contributed by atoms with E-state index < -0.39 is 5.97 Å². The molecule has 2 aliphatic heterocycles. The van der Waals surface area contributed by atoms with Crippen molar-refractivity contribution >= 4 is 29.3 Å². The number of nitrogens with zero attached hydrogens (tertiary/aromatic N) is 2. The van der Waals surface area contributed by atoms with Gasteiger partial charge >= 0.3 is 5.97 Å². The minimum absolute atomic E-state index is 0.158. The molecule has 0 bridgehead atoms. The number of carboxylic acid groups (broad SMARTS) is 1. The van der Waals surface area contributed by atoms with Gasteiger partial charge in [0.15, 0.2) is 0 Å². The van der Waals surface area contributed by atoms with Crippen LogP contribution in [-0.2, 0) is 0 Å². The van der Waals surface area contributed by atoms with Crippen molar-refractivity contribution < 1.29 is 14.3 Å². The van der Waals surface area contributed by atoms with Gasteiger partial charge in [-0.2, -0.15) is 0 Å². The maximum atomic E-state index is 15.4. The minimum atomic E-state index is -1.01. The maximum absolute atomic E-state index is 15.4. The third-order valence-corrected chi connectivity index (χ3v) is 8.15. The zero-order chi connectivity index (χ0) is 21.9. The standard InChI is InChI=1S/C26H23FN2O2S/c27-22-13-23-24(12-21(22)17-5-4-6-18(11-17)25(30)31)32-29-16-26(9-10-26)14-20(29)15-28(23)19-7-2-1-3-8-19/h1-8,11-13,20H,9-10,14-16H2,(H,30,31). The molecule has 3 aromatic rings. The lowest BCUT2D eigenvalue weighted by Gasteiger charge is -2.28. The monoisotopic (exact) mass is 446 g/mol. The van der Waals surface area contributed by atoms with Crippen molar-refractivity contribution in [2.24, 2.45) is 5.41 Å². The molecule has 2 fully saturated rings. The number of rotatable bonds is 3. The summed E-state index contributed by atoms with van der Waals surface area (Å²) in [6.07, 6.45) is 3.79. The second kappa shape index (κ2) is 7.36. The highest BCUT2D eigenvalue weighted by molar-refractivity contribution is 7.97. The molecule has 1 aliphatic carbocycles. The molecule has 162 valence electrons. The van der Waals surface area contributed by atoms with Gasteiger partial charge in [-0.05, 0) is 78.6 Å². The van der Waals surface area contributed by atoms with Gasteiger partial charge in [-0.3, -0.25) is 0 Å². The number of hydrogen-bond acceptors (Lipinski definition) is 4. The Morgan fingerprint density at radius 1 is 1.06 bits per heavy atom. The van der Waals surface area contributed by atoms with Gasteiger partial charge in [-0.15, -0.1) is 0 Å². The molecular weight excluding hydrogens is 423 g/mol. The Labute approximate surface area is 190 Å². The van der Waals surface area contributed by atoms with Crippen LogP contribution in [0.3, 0.4) is 0 Å². The second-order valence-electron chi connectivity index (χ2n) is 9.16. The summed E-state index contributed by atoms with van der Waals surface area (Å²) in [7, 11) is 0. The molecule has 32 heavy (non-hydrogen) atoms. The summed E-state index contributed by atoms with van der Waals surface area (Å²) in [5.41, 5.74) is 3.58. The summed E-state index contributed by atoms with van der Waals surface area (Å²) < 4.78 is 17.9. The molecular formula is C26H23FN2O2S. The molecule has 3 aliphatic rings. The predicted molar refractivity (Wildman–Crippen MR) is 125 cm³/mol. The normalized spacial score (nSPS) is 21.2. The van der Waals surface area contributed by atoms with Crippen LogP contribution in [0.5, 0.6) is 0 Å². The van der Waals surface area contributed by atoms with Crippen molar-refractivity contribution in [3.8, 4) is 11.1 Å². The topological polar surface area (TPSA) is 43.8 Å². The van der Waals surface area contributed by atoms with E-state index in [1.807, 2.05) is 24.3 Å². The predicted octanol–water partition coefficient (Wildman–Crippen LogP) is 6.20. The first-order chi connectivity index (χ1) is 15.5. The van der Waals surface area contributed by atoms with Crippen molar-refractivity contribution in [1.29, 1.82) is 0 Å². The van der Waals surface area contributed by atoms with Gasteiger partial charge in [0.1, 0.15) is 5.82 Å². The Morgan fingerprint density at radius 3 is 2.62 bits per heavy atom. The smallest absolute Gasteiger partial charge is 0.335 e. The van der Waals surface area contributed by atoms with E-state index >= 15 is 4.39 Å². The highest BCUT2D eigenvalue weighted by Crippen LogP contribution is 2.58. The van der Waals surface area contributed by atoms with Crippen LogP contribution in [0.4, 0.5) is 15.8 Å². The molecule has 6 heteroatoms. The van der Waals surface area contributed by atoms with Gasteiger partial charge in [-0.1, -0.05) is 30.3 Å². The van der Waals surface area contributed by atoms with Crippen molar-refractivity contribution in [2.45, 2.75) is 30.2 Å². The van der Waals surface area contributed by atoms with Crippen LogP contribution in [0, 0.1) is 11.2 Å². The molecule has 1 saturated carbocycles. The Hall–Kier alpha value is -2.83. The first-order valence-electron chi connectivity index (χ1n) is 11.0. The van der Waals surface area contributed by atoms with E-state index in [-0.39, 0.29) is 11.4 Å². The highest BCUT2D eigenvalue weighted by Gasteiger charge is 2.53. The maximum Gasteiger partial charge on any atom is 0.335 e. The van der Waals surface area contributed by atoms with E-state index in [2.05, 4.69) is 21.3 Å². The van der Waals surface area contributed by atoms with Gasteiger partial charge in [0.05, 0.1) is 11.3 Å². The van der Waals surface area contributed by atoms with E-state index in [4.69, 9.17) is 0 Å². The largest absolute Gasteiger partial charge is 0.478 e. The summed E-state index contributed by atoms with van der Waals surface area (Å²) >= 11 is 1.73. The lowest BCUT2D eigenvalue weighted by molar-refractivity contribution is 0.0697. The van der Waals surface area contributed by atoms with Crippen LogP contribution in [0.25, 0.3) is 11.1 Å². The van der Waals surface area contributed by atoms with Gasteiger partial charge < -0.3 is 10.0 Å². The van der Waals surface area contributed by atoms with Gasteiger partial charge in [0.2, 0.25) is 0 Å². The van der Waals surface area contributed by atoms with Crippen LogP contribution in [0.1, 0.15) is 29.6 Å². The molecule has 1 spiro atoms. The van der Waals surface area contributed by atoms with Crippen molar-refractivity contribution in [2.75, 3.05) is 18.0 Å². The molecule has 6 rings (SSSR count). The van der Waals surface area contributed by atoms with Crippen LogP contribution in [-0.4, -0.2) is 34.5 Å². The van der Waals surface area contributed by atoms with Gasteiger partial charge in [0, 0.05) is 35.3 Å². The fourth-order valence-electron chi connectivity index (χ4n) is 5.08. The quantitative estimate of drug-likeness (QED) is 0.485. The number of para-hydroxylation sites is 1. The first kappa shape index (κ1) is 19.8. The molecule has 0 radical (unpaired) electrons. The lowest BCUT2D eigenvalue weighted by Crippen LogP contribution is -2.32. The Bertz CT molecular complexity index is 1210. The number of benzene rings is 3. The Balaban J connectivity index is 1.47. The summed E-state index contributed by atoms with van der Waals surface area (Å²) in [5, 5.41) is 9.36. The number of fused-ring (bicyclic) bond motifs is 2. The minimum Gasteiger partial charge on any atom is -0.478 e. The van der Waals surface area contributed by atoms with Crippen molar-refractivity contribution in [3.05, 3.63) is 78.1 Å². The molecule has 0 amide bonds. The van der Waals surface area contributed by atoms with E-state index in [1.54, 1.807) is 36.2 Å². The molecule has 1 saturated heterocycles. The number of carboxylic acids is 1. The molecule has 2 heterocycles. The first-order valence-corrected chi connectivity index (χ1v) is 11.7. The number of carbonyl (C=O) groups is 1. The average molecular weight is 447 g/mol. The summed E-state index contributed by atoms with van der Waals surface area (Å²) in [4.78, 5) is 14.7. The molecule has 4 nitrogen and oxygen atoms in total. The van der Waals surface area contributed by atoms with Gasteiger partial charge in [0.25, 0.3) is 0 Å². The summed E-state index contributed by atoms with van der Waals surface area (Å²) in [6, 6.07) is 20.6. The zero-order valence-corrected chi connectivity index (χ0v) is 18.3. The number of halogens is 1. The summed E-state index contributed by atoms with van der Waals surface area (Å²) in [5.74, 6) is -1.35. The van der Waals surface area contributed by atoms with Crippen LogP contribution < -0.4 is 4.90 Å². The van der Waals surface area contributed by atoms with E-state index in [1.165, 1.54) is 25.3 Å². The average Bonchev–Trinajstić information content (AvgIpc) is 3.50. The molecule has 1 unspecified atom stereocenters. The fraction of sp³-hybridized carbons (Fsp3) is 0.269. The van der Waals surface area contributed by atoms with Crippen molar-refractivity contribution in [3.63, 3.8) is 0 Å². The Kier molecular flexibility index (Phi) is 4.56. The zero-order valence-electron chi connectivity index (χ0n) is 17.5. The van der Waals surface area contributed by atoms with Crippen LogP contribution in [0.2, 0.25) is 0 Å². The fourth-order valence-corrected chi connectivity index (χ4v) is 6.40. The third-order valence-electron chi connectivity index (χ3n) is 6.96. The van der Waals surface area contributed by atoms with E-state index in [0.717, 1.165) is 29.4 Å².